The van der Waals surface area contributed by atoms with Crippen molar-refractivity contribution in [1.82, 2.24) is 20.4 Å². The smallest absolute Gasteiger partial charge is 0.243 e. The van der Waals surface area contributed by atoms with Gasteiger partial charge in [-0.3, -0.25) is 9.69 Å². The molecule has 8 nitrogen and oxygen atoms in total. The molecule has 0 saturated carbocycles. The summed E-state index contributed by atoms with van der Waals surface area (Å²) in [6.07, 6.45) is -0.289. The number of amides is 1. The number of morpholine rings is 1. The van der Waals surface area contributed by atoms with Gasteiger partial charge in [-0.2, -0.15) is 0 Å². The summed E-state index contributed by atoms with van der Waals surface area (Å²) in [6.45, 7) is 7.16. The number of hydrogen-bond acceptors (Lipinski definition) is 5. The van der Waals surface area contributed by atoms with Crippen LogP contribution in [0.25, 0.3) is 0 Å². The maximum atomic E-state index is 13.7. The molecule has 1 aliphatic rings. The standard InChI is InChI=1S/C20H32FN5O3.HI/c1-16(29-18-7-5-4-6-17(18)21)14-23-20(24-15-19(27)25(2)3)22-8-9-26-10-12-28-13-11-26;/h4-7,16H,8-15H2,1-3H3,(H2,22,23,24);1H. The Balaban J connectivity index is 0.00000450. The van der Waals surface area contributed by atoms with Crippen molar-refractivity contribution in [1.29, 1.82) is 0 Å². The first kappa shape index (κ1) is 26.4. The molecule has 1 heterocycles. The quantitative estimate of drug-likeness (QED) is 0.280. The van der Waals surface area contributed by atoms with Crippen molar-refractivity contribution in [3.05, 3.63) is 30.1 Å². The third-order valence-corrected chi connectivity index (χ3v) is 4.42. The topological polar surface area (TPSA) is 78.4 Å². The molecule has 1 aromatic carbocycles. The van der Waals surface area contributed by atoms with Crippen LogP contribution in [0.5, 0.6) is 5.75 Å². The Labute approximate surface area is 195 Å². The van der Waals surface area contributed by atoms with Crippen molar-refractivity contribution < 1.29 is 18.7 Å². The number of ether oxygens (including phenoxy) is 2. The molecule has 1 unspecified atom stereocenters. The van der Waals surface area contributed by atoms with Crippen LogP contribution in [0, 0.1) is 5.82 Å². The lowest BCUT2D eigenvalue weighted by Crippen LogP contribution is -2.46. The molecule has 0 radical (unpaired) electrons. The first-order chi connectivity index (χ1) is 14.0. The average Bonchev–Trinajstić information content (AvgIpc) is 2.71. The lowest BCUT2D eigenvalue weighted by molar-refractivity contribution is -0.127. The fraction of sp³-hybridized carbons (Fsp3) is 0.600. The van der Waals surface area contributed by atoms with Gasteiger partial charge in [0, 0.05) is 40.3 Å². The van der Waals surface area contributed by atoms with Gasteiger partial charge in [0.1, 0.15) is 12.6 Å². The number of para-hydroxylation sites is 1. The number of likely N-dealkylation sites (N-methyl/N-ethyl adjacent to an activating group) is 1. The highest BCUT2D eigenvalue weighted by Gasteiger charge is 2.12. The first-order valence-corrected chi connectivity index (χ1v) is 9.89. The zero-order valence-electron chi connectivity index (χ0n) is 17.9. The summed E-state index contributed by atoms with van der Waals surface area (Å²) in [5.41, 5.74) is 0. The minimum absolute atomic E-state index is 0. The van der Waals surface area contributed by atoms with Crippen LogP contribution in [-0.2, 0) is 9.53 Å². The number of aliphatic imine (C=N–C) groups is 1. The summed E-state index contributed by atoms with van der Waals surface area (Å²) in [4.78, 5) is 20.0. The second kappa shape index (κ2) is 14.4. The predicted molar refractivity (Wildman–Crippen MR) is 126 cm³/mol. The van der Waals surface area contributed by atoms with Gasteiger partial charge in [-0.25, -0.2) is 9.38 Å². The molecular weight excluding hydrogens is 504 g/mol. The third kappa shape index (κ3) is 9.90. The van der Waals surface area contributed by atoms with Crippen molar-refractivity contribution in [3.63, 3.8) is 0 Å². The van der Waals surface area contributed by atoms with Crippen molar-refractivity contribution in [3.8, 4) is 5.75 Å². The number of carbonyl (C=O) groups is 1. The molecule has 1 aliphatic heterocycles. The van der Waals surface area contributed by atoms with E-state index in [2.05, 4.69) is 20.5 Å². The summed E-state index contributed by atoms with van der Waals surface area (Å²) in [6, 6.07) is 6.31. The highest BCUT2D eigenvalue weighted by Crippen LogP contribution is 2.16. The molecule has 2 rings (SSSR count). The lowest BCUT2D eigenvalue weighted by atomic mass is 10.3. The van der Waals surface area contributed by atoms with Crippen LogP contribution in [0.4, 0.5) is 4.39 Å². The van der Waals surface area contributed by atoms with Gasteiger partial charge in [0.2, 0.25) is 5.91 Å². The van der Waals surface area contributed by atoms with Crippen molar-refractivity contribution in [2.45, 2.75) is 13.0 Å². The molecule has 30 heavy (non-hydrogen) atoms. The molecular formula is C20H33FIN5O3. The number of guanidine groups is 1. The van der Waals surface area contributed by atoms with Crippen LogP contribution in [-0.4, -0.2) is 94.3 Å². The molecule has 1 amide bonds. The molecule has 0 bridgehead atoms. The van der Waals surface area contributed by atoms with Gasteiger partial charge in [0.25, 0.3) is 0 Å². The molecule has 10 heteroatoms. The summed E-state index contributed by atoms with van der Waals surface area (Å²) in [7, 11) is 3.39. The number of benzene rings is 1. The van der Waals surface area contributed by atoms with Crippen molar-refractivity contribution >= 4 is 35.8 Å². The lowest BCUT2D eigenvalue weighted by Gasteiger charge is -2.27. The number of hydrogen-bond donors (Lipinski definition) is 2. The molecule has 1 fully saturated rings. The monoisotopic (exact) mass is 537 g/mol. The highest BCUT2D eigenvalue weighted by molar-refractivity contribution is 14.0. The molecule has 0 aromatic heterocycles. The van der Waals surface area contributed by atoms with Gasteiger partial charge >= 0.3 is 0 Å². The maximum Gasteiger partial charge on any atom is 0.243 e. The van der Waals surface area contributed by atoms with Gasteiger partial charge in [-0.15, -0.1) is 24.0 Å². The SMILES string of the molecule is CC(CNC(=NCC(=O)N(C)C)NCCN1CCOCC1)Oc1ccccc1F.I. The van der Waals surface area contributed by atoms with Crippen LogP contribution in [0.2, 0.25) is 0 Å². The van der Waals surface area contributed by atoms with E-state index in [1.54, 1.807) is 32.3 Å². The van der Waals surface area contributed by atoms with Gasteiger partial charge in [0.05, 0.1) is 19.8 Å². The first-order valence-electron chi connectivity index (χ1n) is 9.89. The highest BCUT2D eigenvalue weighted by atomic mass is 127. The summed E-state index contributed by atoms with van der Waals surface area (Å²) >= 11 is 0. The minimum atomic E-state index is -0.395. The van der Waals surface area contributed by atoms with E-state index in [1.165, 1.54) is 11.0 Å². The van der Waals surface area contributed by atoms with Crippen LogP contribution >= 0.6 is 24.0 Å². The number of nitrogens with zero attached hydrogens (tertiary/aromatic N) is 3. The number of rotatable bonds is 9. The van der Waals surface area contributed by atoms with E-state index in [1.807, 2.05) is 6.92 Å². The summed E-state index contributed by atoms with van der Waals surface area (Å²) in [5.74, 6) is 0.254. The Bertz CT molecular complexity index is 672. The largest absolute Gasteiger partial charge is 0.486 e. The molecule has 1 saturated heterocycles. The molecule has 2 N–H and O–H groups in total. The molecule has 170 valence electrons. The van der Waals surface area contributed by atoms with E-state index in [-0.39, 0.29) is 48.3 Å². The van der Waals surface area contributed by atoms with E-state index < -0.39 is 5.82 Å². The second-order valence-electron chi connectivity index (χ2n) is 7.07. The Morgan fingerprint density at radius 2 is 2.00 bits per heavy atom. The summed E-state index contributed by atoms with van der Waals surface area (Å²) < 4.78 is 24.7. The Morgan fingerprint density at radius 1 is 1.30 bits per heavy atom. The average molecular weight is 537 g/mol. The predicted octanol–water partition coefficient (Wildman–Crippen LogP) is 1.17. The fourth-order valence-corrected chi connectivity index (χ4v) is 2.66. The van der Waals surface area contributed by atoms with E-state index in [9.17, 15) is 9.18 Å². The fourth-order valence-electron chi connectivity index (χ4n) is 2.66. The minimum Gasteiger partial charge on any atom is -0.486 e. The maximum absolute atomic E-state index is 13.7. The Kier molecular flexibility index (Phi) is 12.6. The molecule has 0 spiro atoms. The van der Waals surface area contributed by atoms with E-state index in [0.717, 1.165) is 32.8 Å². The number of nitrogens with one attached hydrogen (secondary N) is 2. The Hall–Kier alpha value is -1.66. The normalized spacial score (nSPS) is 15.7. The summed E-state index contributed by atoms with van der Waals surface area (Å²) in [5, 5.41) is 6.42. The van der Waals surface area contributed by atoms with E-state index >= 15 is 0 Å². The molecule has 0 aliphatic carbocycles. The molecule has 1 atom stereocenters. The van der Waals surface area contributed by atoms with Crippen molar-refractivity contribution in [2.24, 2.45) is 4.99 Å². The van der Waals surface area contributed by atoms with Gasteiger partial charge in [0.15, 0.2) is 17.5 Å². The number of halogens is 2. The van der Waals surface area contributed by atoms with E-state index in [4.69, 9.17) is 9.47 Å². The van der Waals surface area contributed by atoms with Gasteiger partial charge in [-0.1, -0.05) is 12.1 Å². The number of carbonyl (C=O) groups excluding carboxylic acids is 1. The van der Waals surface area contributed by atoms with Crippen LogP contribution in [0.15, 0.2) is 29.3 Å². The van der Waals surface area contributed by atoms with E-state index in [0.29, 0.717) is 19.0 Å². The third-order valence-electron chi connectivity index (χ3n) is 4.42. The van der Waals surface area contributed by atoms with Crippen LogP contribution in [0.3, 0.4) is 0 Å². The van der Waals surface area contributed by atoms with Crippen LogP contribution < -0.4 is 15.4 Å². The Morgan fingerprint density at radius 3 is 2.67 bits per heavy atom. The van der Waals surface area contributed by atoms with Crippen LogP contribution in [0.1, 0.15) is 6.92 Å². The second-order valence-corrected chi connectivity index (χ2v) is 7.07. The van der Waals surface area contributed by atoms with Gasteiger partial charge in [-0.05, 0) is 19.1 Å². The molecule has 1 aromatic rings. The van der Waals surface area contributed by atoms with Gasteiger partial charge < -0.3 is 25.0 Å². The zero-order valence-corrected chi connectivity index (χ0v) is 20.2. The van der Waals surface area contributed by atoms with Crippen molar-refractivity contribution in [2.75, 3.05) is 66.6 Å². The zero-order chi connectivity index (χ0) is 21.1.